The van der Waals surface area contributed by atoms with E-state index in [1.165, 1.54) is 0 Å². The molecule has 0 N–H and O–H groups in total. The fraction of sp³-hybridized carbons (Fsp3) is 0.833. The maximum atomic E-state index is 12.1. The van der Waals surface area contributed by atoms with Crippen molar-refractivity contribution in [2.75, 3.05) is 0 Å². The van der Waals surface area contributed by atoms with Crippen LogP contribution >= 0.6 is 0 Å². The molecule has 15 heavy (non-hydrogen) atoms. The topological polar surface area (TPSA) is 0 Å². The summed E-state index contributed by atoms with van der Waals surface area (Å²) >= 11 is 0. The highest BCUT2D eigenvalue weighted by molar-refractivity contribution is 5.03. The van der Waals surface area contributed by atoms with Crippen molar-refractivity contribution in [1.82, 2.24) is 0 Å². The molecule has 0 saturated heterocycles. The van der Waals surface area contributed by atoms with Gasteiger partial charge in [-0.3, -0.25) is 0 Å². The van der Waals surface area contributed by atoms with E-state index in [1.54, 1.807) is 6.92 Å². The van der Waals surface area contributed by atoms with Crippen LogP contribution in [0.3, 0.4) is 0 Å². The van der Waals surface area contributed by atoms with Gasteiger partial charge < -0.3 is 0 Å². The summed E-state index contributed by atoms with van der Waals surface area (Å²) in [6, 6.07) is 0. The van der Waals surface area contributed by atoms with Gasteiger partial charge in [-0.05, 0) is 32.1 Å². The Morgan fingerprint density at radius 1 is 1.13 bits per heavy atom. The first-order chi connectivity index (χ1) is 6.68. The summed E-state index contributed by atoms with van der Waals surface area (Å²) < 4.78 is 36.2. The predicted octanol–water partition coefficient (Wildman–Crippen LogP) is 4.40. The van der Waals surface area contributed by atoms with Crippen LogP contribution in [0.5, 0.6) is 0 Å². The van der Waals surface area contributed by atoms with Gasteiger partial charge in [0.1, 0.15) is 0 Å². The lowest BCUT2D eigenvalue weighted by Gasteiger charge is -2.25. The van der Waals surface area contributed by atoms with Crippen LogP contribution in [0.1, 0.15) is 46.5 Å². The third-order valence-electron chi connectivity index (χ3n) is 2.58. The number of hydrogen-bond donors (Lipinski definition) is 0. The van der Waals surface area contributed by atoms with E-state index in [2.05, 4.69) is 5.92 Å². The lowest BCUT2D eigenvalue weighted by Crippen LogP contribution is -2.19. The lowest BCUT2D eigenvalue weighted by molar-refractivity contribution is -0.139. The highest BCUT2D eigenvalue weighted by Gasteiger charge is 2.32. The molecule has 0 spiro atoms. The molecular formula is C12H19F3. The summed E-state index contributed by atoms with van der Waals surface area (Å²) in [6.07, 6.45) is 1.98. The minimum absolute atomic E-state index is 0.0275. The molecule has 0 aliphatic heterocycles. The lowest BCUT2D eigenvalue weighted by atomic mass is 9.80. The molecule has 0 fully saturated rings. The molecule has 0 aromatic heterocycles. The molecule has 0 bridgehead atoms. The Bertz CT molecular complexity index is 222. The zero-order chi connectivity index (χ0) is 12.1. The zero-order valence-corrected chi connectivity index (χ0v) is 9.62. The highest BCUT2D eigenvalue weighted by atomic mass is 19.4. The summed E-state index contributed by atoms with van der Waals surface area (Å²) in [6.45, 7) is 5.82. The van der Waals surface area contributed by atoms with Crippen molar-refractivity contribution in [3.63, 3.8) is 0 Å². The minimum atomic E-state index is -4.10. The van der Waals surface area contributed by atoms with Gasteiger partial charge in [0.15, 0.2) is 0 Å². The molecule has 3 heteroatoms. The Kier molecular flexibility index (Phi) is 5.20. The van der Waals surface area contributed by atoms with Crippen LogP contribution in [-0.4, -0.2) is 6.18 Å². The van der Waals surface area contributed by atoms with Gasteiger partial charge in [-0.15, -0.1) is 12.3 Å². The second kappa shape index (κ2) is 5.44. The first-order valence-corrected chi connectivity index (χ1v) is 5.23. The van der Waals surface area contributed by atoms with Crippen molar-refractivity contribution in [3.05, 3.63) is 0 Å². The van der Waals surface area contributed by atoms with E-state index in [-0.39, 0.29) is 6.42 Å². The van der Waals surface area contributed by atoms with Crippen LogP contribution < -0.4 is 0 Å². The second-order valence-electron chi connectivity index (χ2n) is 4.75. The van der Waals surface area contributed by atoms with E-state index in [4.69, 9.17) is 6.42 Å². The molecule has 0 nitrogen and oxygen atoms in total. The van der Waals surface area contributed by atoms with Gasteiger partial charge in [0.25, 0.3) is 0 Å². The molecule has 0 radical (unpaired) electrons. The van der Waals surface area contributed by atoms with E-state index in [1.807, 2.05) is 13.8 Å². The molecular weight excluding hydrogens is 201 g/mol. The average Bonchev–Trinajstić information content (AvgIpc) is 2.10. The number of alkyl halides is 3. The zero-order valence-electron chi connectivity index (χ0n) is 9.62. The largest absolute Gasteiger partial charge is 0.389 e. The molecule has 0 aromatic rings. The van der Waals surface area contributed by atoms with Crippen molar-refractivity contribution in [1.29, 1.82) is 0 Å². The molecule has 0 rings (SSSR count). The normalized spacial score (nSPS) is 16.1. The highest BCUT2D eigenvalue weighted by Crippen LogP contribution is 2.34. The van der Waals surface area contributed by atoms with Crippen LogP contribution in [-0.2, 0) is 0 Å². The van der Waals surface area contributed by atoms with Crippen molar-refractivity contribution in [2.45, 2.75) is 52.6 Å². The fourth-order valence-electron chi connectivity index (χ4n) is 1.29. The van der Waals surface area contributed by atoms with Crippen LogP contribution in [0.25, 0.3) is 0 Å². The first-order valence-electron chi connectivity index (χ1n) is 5.23. The Labute approximate surface area is 90.2 Å². The Morgan fingerprint density at radius 3 is 2.00 bits per heavy atom. The summed E-state index contributed by atoms with van der Waals surface area (Å²) in [5.74, 6) is 2.98. The molecule has 1 atom stereocenters. The Balaban J connectivity index is 4.15. The monoisotopic (exact) mass is 220 g/mol. The van der Waals surface area contributed by atoms with Crippen LogP contribution in [0.15, 0.2) is 0 Å². The third kappa shape index (κ3) is 7.30. The first kappa shape index (κ1) is 14.3. The van der Waals surface area contributed by atoms with Gasteiger partial charge in [-0.25, -0.2) is 0 Å². The molecule has 0 amide bonds. The minimum Gasteiger partial charge on any atom is -0.171 e. The standard InChI is InChI=1S/C12H19F3/c1-5-11(4,7-6-10(2)3)8-9-12(13,14)15/h1,10H,6-9H2,2-4H3. The maximum absolute atomic E-state index is 12.1. The van der Waals surface area contributed by atoms with Crippen LogP contribution in [0, 0.1) is 23.7 Å². The van der Waals surface area contributed by atoms with Gasteiger partial charge in [-0.2, -0.15) is 13.2 Å². The Morgan fingerprint density at radius 2 is 1.67 bits per heavy atom. The van der Waals surface area contributed by atoms with Crippen molar-refractivity contribution >= 4 is 0 Å². The molecule has 88 valence electrons. The number of rotatable bonds is 5. The average molecular weight is 220 g/mol. The third-order valence-corrected chi connectivity index (χ3v) is 2.58. The van der Waals surface area contributed by atoms with E-state index >= 15 is 0 Å². The molecule has 0 saturated carbocycles. The van der Waals surface area contributed by atoms with Gasteiger partial charge >= 0.3 is 6.18 Å². The van der Waals surface area contributed by atoms with Crippen LogP contribution in [0.4, 0.5) is 13.2 Å². The summed E-state index contributed by atoms with van der Waals surface area (Å²) in [5.41, 5.74) is -0.611. The van der Waals surface area contributed by atoms with Gasteiger partial charge in [0, 0.05) is 11.8 Å². The van der Waals surface area contributed by atoms with Gasteiger partial charge in [0.05, 0.1) is 0 Å². The SMILES string of the molecule is C#CC(C)(CCC(C)C)CCC(F)(F)F. The number of hydrogen-bond acceptors (Lipinski definition) is 0. The molecule has 1 unspecified atom stereocenters. The van der Waals surface area contributed by atoms with E-state index < -0.39 is 18.0 Å². The van der Waals surface area contributed by atoms with Gasteiger partial charge in [0.2, 0.25) is 0 Å². The number of halogens is 3. The Hall–Kier alpha value is -0.650. The van der Waals surface area contributed by atoms with Crippen molar-refractivity contribution in [3.8, 4) is 12.3 Å². The molecule has 0 heterocycles. The van der Waals surface area contributed by atoms with Crippen LogP contribution in [0.2, 0.25) is 0 Å². The molecule has 0 aromatic carbocycles. The summed E-state index contributed by atoms with van der Waals surface area (Å²) in [4.78, 5) is 0. The van der Waals surface area contributed by atoms with Gasteiger partial charge in [-0.1, -0.05) is 13.8 Å². The number of terminal acetylenes is 1. The van der Waals surface area contributed by atoms with E-state index in [0.717, 1.165) is 6.42 Å². The summed E-state index contributed by atoms with van der Waals surface area (Å²) in [5, 5.41) is 0. The van der Waals surface area contributed by atoms with E-state index in [9.17, 15) is 13.2 Å². The predicted molar refractivity (Wildman–Crippen MR) is 56.3 cm³/mol. The summed E-state index contributed by atoms with van der Waals surface area (Å²) in [7, 11) is 0. The quantitative estimate of drug-likeness (QED) is 0.602. The fourth-order valence-corrected chi connectivity index (χ4v) is 1.29. The molecule has 0 aliphatic carbocycles. The smallest absolute Gasteiger partial charge is 0.171 e. The maximum Gasteiger partial charge on any atom is 0.389 e. The van der Waals surface area contributed by atoms with E-state index in [0.29, 0.717) is 12.3 Å². The van der Waals surface area contributed by atoms with Crippen molar-refractivity contribution in [2.24, 2.45) is 11.3 Å². The van der Waals surface area contributed by atoms with Crippen molar-refractivity contribution < 1.29 is 13.2 Å². The second-order valence-corrected chi connectivity index (χ2v) is 4.75. The molecule has 0 aliphatic rings.